The number of carbonyl (C=O) groups is 1. The van der Waals surface area contributed by atoms with Crippen molar-refractivity contribution in [3.05, 3.63) is 22.4 Å². The number of hydrogen-bond donors (Lipinski definition) is 2. The number of carbonyl (C=O) groups excluding carboxylic acids is 1. The van der Waals surface area contributed by atoms with Crippen LogP contribution in [0.4, 0.5) is 0 Å². The fourth-order valence-electron chi connectivity index (χ4n) is 1.79. The molecule has 0 aliphatic carbocycles. The first-order valence-electron chi connectivity index (χ1n) is 6.18. The van der Waals surface area contributed by atoms with Crippen molar-refractivity contribution in [2.24, 2.45) is 5.92 Å². The fraction of sp³-hybridized carbons (Fsp3) is 0.615. The summed E-state index contributed by atoms with van der Waals surface area (Å²) in [6.07, 6.45) is 0. The Morgan fingerprint density at radius 3 is 2.67 bits per heavy atom. The number of nitrogens with one attached hydrogen (secondary N) is 2. The second kappa shape index (κ2) is 7.51. The van der Waals surface area contributed by atoms with Gasteiger partial charge >= 0.3 is 0 Å². The summed E-state index contributed by atoms with van der Waals surface area (Å²) < 4.78 is 0. The summed E-state index contributed by atoms with van der Waals surface area (Å²) >= 11 is 1.72. The molecule has 0 saturated heterocycles. The van der Waals surface area contributed by atoms with Gasteiger partial charge in [-0.05, 0) is 32.6 Å². The molecule has 1 rings (SSSR count). The molecule has 5 heteroatoms. The average Bonchev–Trinajstić information content (AvgIpc) is 2.82. The van der Waals surface area contributed by atoms with Crippen LogP contribution >= 0.6 is 11.3 Å². The van der Waals surface area contributed by atoms with Gasteiger partial charge in [-0.3, -0.25) is 4.79 Å². The van der Waals surface area contributed by atoms with Crippen LogP contribution < -0.4 is 10.6 Å². The summed E-state index contributed by atoms with van der Waals surface area (Å²) in [5.74, 6) is 0.105. The molecular weight excluding hydrogens is 246 g/mol. The van der Waals surface area contributed by atoms with Crippen LogP contribution in [0.15, 0.2) is 17.5 Å². The number of nitrogens with zero attached hydrogens (tertiary/aromatic N) is 1. The maximum absolute atomic E-state index is 11.9. The van der Waals surface area contributed by atoms with Gasteiger partial charge in [-0.1, -0.05) is 13.0 Å². The van der Waals surface area contributed by atoms with Crippen LogP contribution in [0.5, 0.6) is 0 Å². The molecule has 102 valence electrons. The van der Waals surface area contributed by atoms with Crippen LogP contribution in [0.2, 0.25) is 0 Å². The molecule has 2 atom stereocenters. The molecule has 1 heterocycles. The molecule has 1 aromatic rings. The molecular formula is C13H23N3OS. The maximum atomic E-state index is 11.9. The van der Waals surface area contributed by atoms with Gasteiger partial charge in [0.15, 0.2) is 0 Å². The van der Waals surface area contributed by atoms with Crippen LogP contribution in [0.3, 0.4) is 0 Å². The average molecular weight is 269 g/mol. The molecule has 4 nitrogen and oxygen atoms in total. The van der Waals surface area contributed by atoms with E-state index < -0.39 is 0 Å². The molecule has 0 fully saturated rings. The SMILES string of the molecule is CNCC(C)C(=O)NCC(c1cccs1)N(C)C. The summed E-state index contributed by atoms with van der Waals surface area (Å²) in [5, 5.41) is 8.11. The van der Waals surface area contributed by atoms with Crippen molar-refractivity contribution in [2.75, 3.05) is 34.2 Å². The van der Waals surface area contributed by atoms with Gasteiger partial charge < -0.3 is 15.5 Å². The number of thiophene rings is 1. The lowest BCUT2D eigenvalue weighted by Crippen LogP contribution is -2.39. The van der Waals surface area contributed by atoms with Crippen LogP contribution in [0, 0.1) is 5.92 Å². The van der Waals surface area contributed by atoms with Crippen molar-refractivity contribution in [1.82, 2.24) is 15.5 Å². The highest BCUT2D eigenvalue weighted by Gasteiger charge is 2.18. The zero-order valence-corrected chi connectivity index (χ0v) is 12.4. The molecule has 2 unspecified atom stereocenters. The summed E-state index contributed by atoms with van der Waals surface area (Å²) in [5.41, 5.74) is 0. The molecule has 1 aromatic heterocycles. The van der Waals surface area contributed by atoms with Gasteiger partial charge in [0.2, 0.25) is 5.91 Å². The minimum atomic E-state index is 0.00106. The first-order chi connectivity index (χ1) is 8.56. The van der Waals surface area contributed by atoms with E-state index in [0.717, 1.165) is 0 Å². The molecule has 1 amide bonds. The normalized spacial score (nSPS) is 14.5. The Kier molecular flexibility index (Phi) is 6.32. The molecule has 0 aliphatic heterocycles. The summed E-state index contributed by atoms with van der Waals surface area (Å²) in [7, 11) is 5.93. The van der Waals surface area contributed by atoms with E-state index in [1.165, 1.54) is 4.88 Å². The monoisotopic (exact) mass is 269 g/mol. The van der Waals surface area contributed by atoms with E-state index in [9.17, 15) is 4.79 Å². The third kappa shape index (κ3) is 4.40. The maximum Gasteiger partial charge on any atom is 0.224 e. The minimum Gasteiger partial charge on any atom is -0.354 e. The van der Waals surface area contributed by atoms with E-state index >= 15 is 0 Å². The van der Waals surface area contributed by atoms with E-state index in [1.807, 2.05) is 34.1 Å². The topological polar surface area (TPSA) is 44.4 Å². The van der Waals surface area contributed by atoms with Crippen LogP contribution in [-0.4, -0.2) is 45.0 Å². The number of amides is 1. The summed E-state index contributed by atoms with van der Waals surface area (Å²) in [6, 6.07) is 4.40. The predicted molar refractivity (Wildman–Crippen MR) is 76.8 cm³/mol. The first-order valence-corrected chi connectivity index (χ1v) is 7.06. The largest absolute Gasteiger partial charge is 0.354 e. The quantitative estimate of drug-likeness (QED) is 0.785. The van der Waals surface area contributed by atoms with Crippen molar-refractivity contribution in [1.29, 1.82) is 0 Å². The molecule has 0 saturated carbocycles. The van der Waals surface area contributed by atoms with Crippen molar-refractivity contribution < 1.29 is 4.79 Å². The van der Waals surface area contributed by atoms with Crippen molar-refractivity contribution in [2.45, 2.75) is 13.0 Å². The molecule has 0 radical (unpaired) electrons. The van der Waals surface area contributed by atoms with Gasteiger partial charge in [0.25, 0.3) is 0 Å². The third-order valence-corrected chi connectivity index (χ3v) is 3.90. The molecule has 0 bridgehead atoms. The molecule has 0 aromatic carbocycles. The van der Waals surface area contributed by atoms with Crippen LogP contribution in [0.25, 0.3) is 0 Å². The van der Waals surface area contributed by atoms with E-state index in [4.69, 9.17) is 0 Å². The number of hydrogen-bond acceptors (Lipinski definition) is 4. The zero-order chi connectivity index (χ0) is 13.5. The second-order valence-corrected chi connectivity index (χ2v) is 5.68. The lowest BCUT2D eigenvalue weighted by Gasteiger charge is -2.24. The Bertz CT molecular complexity index is 351. The van der Waals surface area contributed by atoms with Gasteiger partial charge in [-0.25, -0.2) is 0 Å². The lowest BCUT2D eigenvalue weighted by molar-refractivity contribution is -0.124. The molecule has 18 heavy (non-hydrogen) atoms. The lowest BCUT2D eigenvalue weighted by atomic mass is 10.1. The van der Waals surface area contributed by atoms with Gasteiger partial charge in [-0.15, -0.1) is 11.3 Å². The summed E-state index contributed by atoms with van der Waals surface area (Å²) in [4.78, 5) is 15.3. The van der Waals surface area contributed by atoms with Crippen LogP contribution in [0.1, 0.15) is 17.8 Å². The van der Waals surface area contributed by atoms with Crippen LogP contribution in [-0.2, 0) is 4.79 Å². The van der Waals surface area contributed by atoms with Gasteiger partial charge in [0, 0.05) is 23.9 Å². The van der Waals surface area contributed by atoms with E-state index in [2.05, 4.69) is 27.0 Å². The Morgan fingerprint density at radius 2 is 2.17 bits per heavy atom. The zero-order valence-electron chi connectivity index (χ0n) is 11.6. The Balaban J connectivity index is 2.51. The standard InChI is InChI=1S/C13H23N3OS/c1-10(8-14-2)13(17)15-9-11(16(3)4)12-6-5-7-18-12/h5-7,10-11,14H,8-9H2,1-4H3,(H,15,17). The highest BCUT2D eigenvalue weighted by molar-refractivity contribution is 7.10. The molecule has 0 spiro atoms. The van der Waals surface area contributed by atoms with Gasteiger partial charge in [0.05, 0.1) is 6.04 Å². The predicted octanol–water partition coefficient (Wildman–Crippen LogP) is 1.32. The molecule has 0 aliphatic rings. The highest BCUT2D eigenvalue weighted by atomic mass is 32.1. The Labute approximate surface area is 113 Å². The molecule has 2 N–H and O–H groups in total. The number of rotatable bonds is 7. The van der Waals surface area contributed by atoms with Crippen molar-refractivity contribution >= 4 is 17.2 Å². The Hall–Kier alpha value is -0.910. The second-order valence-electron chi connectivity index (χ2n) is 4.70. The van der Waals surface area contributed by atoms with E-state index in [0.29, 0.717) is 13.1 Å². The smallest absolute Gasteiger partial charge is 0.224 e. The minimum absolute atomic E-state index is 0.00106. The third-order valence-electron chi connectivity index (χ3n) is 2.92. The van der Waals surface area contributed by atoms with Gasteiger partial charge in [-0.2, -0.15) is 0 Å². The van der Waals surface area contributed by atoms with E-state index in [1.54, 1.807) is 11.3 Å². The fourth-order valence-corrected chi connectivity index (χ4v) is 2.71. The highest BCUT2D eigenvalue weighted by Crippen LogP contribution is 2.22. The van der Waals surface area contributed by atoms with E-state index in [-0.39, 0.29) is 17.9 Å². The first kappa shape index (κ1) is 15.1. The summed E-state index contributed by atoms with van der Waals surface area (Å²) in [6.45, 7) is 3.29. The number of likely N-dealkylation sites (N-methyl/N-ethyl adjacent to an activating group) is 1. The van der Waals surface area contributed by atoms with Crippen molar-refractivity contribution in [3.8, 4) is 0 Å². The van der Waals surface area contributed by atoms with Crippen molar-refractivity contribution in [3.63, 3.8) is 0 Å². The van der Waals surface area contributed by atoms with Gasteiger partial charge in [0.1, 0.15) is 0 Å². The Morgan fingerprint density at radius 1 is 1.44 bits per heavy atom.